The number of carbonyl (C=O) groups is 1. The van der Waals surface area contributed by atoms with Gasteiger partial charge in [0.05, 0.1) is 11.8 Å². The molecule has 0 saturated carbocycles. The maximum atomic E-state index is 10.5. The van der Waals surface area contributed by atoms with Gasteiger partial charge in [-0.05, 0) is 5.92 Å². The molecule has 0 bridgehead atoms. The predicted octanol–water partition coefficient (Wildman–Crippen LogP) is 1.11. The van der Waals surface area contributed by atoms with Gasteiger partial charge in [0.1, 0.15) is 0 Å². The van der Waals surface area contributed by atoms with Crippen molar-refractivity contribution < 1.29 is 14.3 Å². The molecule has 1 unspecified atom stereocenters. The average Bonchev–Trinajstić information content (AvgIpc) is 2.84. The highest BCUT2D eigenvalue weighted by atomic mass is 16.4. The fraction of sp³-hybridized carbons (Fsp3) is 0.400. The molecule has 2 heterocycles. The third-order valence-electron chi connectivity index (χ3n) is 2.26. The van der Waals surface area contributed by atoms with Crippen molar-refractivity contribution in [1.29, 1.82) is 0 Å². The number of hydrogen-bond acceptors (Lipinski definition) is 5. The maximum Gasteiger partial charge on any atom is 0.303 e. The zero-order valence-electron chi connectivity index (χ0n) is 9.25. The van der Waals surface area contributed by atoms with E-state index in [2.05, 4.69) is 20.4 Å². The van der Waals surface area contributed by atoms with Gasteiger partial charge in [-0.15, -0.1) is 10.2 Å². The summed E-state index contributed by atoms with van der Waals surface area (Å²) in [7, 11) is 0. The molecule has 1 atom stereocenters. The van der Waals surface area contributed by atoms with Gasteiger partial charge in [-0.1, -0.05) is 6.92 Å². The number of aromatic nitrogens is 4. The summed E-state index contributed by atoms with van der Waals surface area (Å²) in [6.45, 7) is 1.83. The lowest BCUT2D eigenvalue weighted by atomic mass is 10.0. The molecule has 2 rings (SSSR count). The quantitative estimate of drug-likeness (QED) is 0.805. The van der Waals surface area contributed by atoms with Crippen LogP contribution in [0.2, 0.25) is 0 Å². The number of hydrogen-bond donors (Lipinski definition) is 2. The lowest BCUT2D eigenvalue weighted by Gasteiger charge is -2.03. The van der Waals surface area contributed by atoms with Crippen LogP contribution in [0.15, 0.2) is 16.8 Å². The Morgan fingerprint density at radius 1 is 1.59 bits per heavy atom. The highest BCUT2D eigenvalue weighted by Gasteiger charge is 2.14. The van der Waals surface area contributed by atoms with Gasteiger partial charge in [0, 0.05) is 19.0 Å². The first-order valence-electron chi connectivity index (χ1n) is 5.18. The van der Waals surface area contributed by atoms with E-state index in [9.17, 15) is 4.79 Å². The van der Waals surface area contributed by atoms with E-state index < -0.39 is 5.97 Å². The molecule has 0 radical (unpaired) electrons. The van der Waals surface area contributed by atoms with Crippen molar-refractivity contribution >= 4 is 5.97 Å². The van der Waals surface area contributed by atoms with Gasteiger partial charge < -0.3 is 9.52 Å². The van der Waals surface area contributed by atoms with Crippen LogP contribution in [0.25, 0.3) is 11.5 Å². The molecule has 17 heavy (non-hydrogen) atoms. The number of aliphatic carboxylic acids is 1. The fourth-order valence-corrected chi connectivity index (χ4v) is 1.49. The number of carboxylic acids is 1. The van der Waals surface area contributed by atoms with E-state index in [0.29, 0.717) is 18.2 Å². The van der Waals surface area contributed by atoms with Crippen molar-refractivity contribution in [2.24, 2.45) is 5.92 Å². The first-order valence-corrected chi connectivity index (χ1v) is 5.18. The molecule has 0 amide bonds. The molecule has 7 heteroatoms. The first kappa shape index (κ1) is 11.3. The van der Waals surface area contributed by atoms with Gasteiger partial charge in [0.25, 0.3) is 5.89 Å². The minimum absolute atomic E-state index is 0.0369. The Morgan fingerprint density at radius 2 is 2.41 bits per heavy atom. The van der Waals surface area contributed by atoms with E-state index in [0.717, 1.165) is 5.56 Å². The van der Waals surface area contributed by atoms with E-state index in [-0.39, 0.29) is 12.3 Å². The molecule has 90 valence electrons. The number of nitrogens with zero attached hydrogens (tertiary/aromatic N) is 3. The van der Waals surface area contributed by atoms with E-state index in [1.807, 2.05) is 6.92 Å². The van der Waals surface area contributed by atoms with Crippen LogP contribution in [0.5, 0.6) is 0 Å². The number of nitrogens with one attached hydrogen (secondary N) is 1. The second-order valence-electron chi connectivity index (χ2n) is 3.90. The van der Waals surface area contributed by atoms with Crippen LogP contribution >= 0.6 is 0 Å². The van der Waals surface area contributed by atoms with Crippen LogP contribution in [-0.2, 0) is 11.2 Å². The molecular weight excluding hydrogens is 224 g/mol. The molecular formula is C10H12N4O3. The summed E-state index contributed by atoms with van der Waals surface area (Å²) in [5.74, 6) is -0.0385. The van der Waals surface area contributed by atoms with Crippen LogP contribution in [0, 0.1) is 5.92 Å². The summed E-state index contributed by atoms with van der Waals surface area (Å²) in [4.78, 5) is 10.5. The van der Waals surface area contributed by atoms with E-state index in [1.165, 1.54) is 0 Å². The minimum Gasteiger partial charge on any atom is -0.481 e. The summed E-state index contributed by atoms with van der Waals surface area (Å²) in [5, 5.41) is 22.8. The topological polar surface area (TPSA) is 105 Å². The standard InChI is InChI=1S/C10H12N4O3/c1-6(3-9(15)16)2-8-13-14-10(17-8)7-4-11-12-5-7/h4-6H,2-3H2,1H3,(H,11,12)(H,15,16). The highest BCUT2D eigenvalue weighted by Crippen LogP contribution is 2.18. The van der Waals surface area contributed by atoms with Crippen molar-refractivity contribution in [3.05, 3.63) is 18.3 Å². The van der Waals surface area contributed by atoms with Crippen molar-refractivity contribution in [2.75, 3.05) is 0 Å². The lowest BCUT2D eigenvalue weighted by Crippen LogP contribution is -2.07. The Kier molecular flexibility index (Phi) is 3.17. The average molecular weight is 236 g/mol. The minimum atomic E-state index is -0.827. The molecule has 0 aliphatic rings. The Hall–Kier alpha value is -2.18. The molecule has 0 saturated heterocycles. The van der Waals surface area contributed by atoms with Crippen LogP contribution in [0.3, 0.4) is 0 Å². The van der Waals surface area contributed by atoms with Gasteiger partial charge in [0.2, 0.25) is 5.89 Å². The Labute approximate surface area is 96.9 Å². The molecule has 2 aromatic heterocycles. The Bertz CT molecular complexity index is 491. The van der Waals surface area contributed by atoms with Gasteiger partial charge >= 0.3 is 5.97 Å². The zero-order valence-corrected chi connectivity index (χ0v) is 9.25. The fourth-order valence-electron chi connectivity index (χ4n) is 1.49. The number of aromatic amines is 1. The monoisotopic (exact) mass is 236 g/mol. The van der Waals surface area contributed by atoms with Crippen LogP contribution in [0.4, 0.5) is 0 Å². The van der Waals surface area contributed by atoms with Crippen LogP contribution in [0.1, 0.15) is 19.2 Å². The van der Waals surface area contributed by atoms with Gasteiger partial charge in [-0.25, -0.2) is 0 Å². The van der Waals surface area contributed by atoms with Gasteiger partial charge in [-0.3, -0.25) is 9.89 Å². The molecule has 0 aliphatic carbocycles. The van der Waals surface area contributed by atoms with Crippen molar-refractivity contribution in [2.45, 2.75) is 19.8 Å². The first-order chi connectivity index (χ1) is 8.15. The number of carboxylic acid groups (broad SMARTS) is 1. The predicted molar refractivity (Wildman–Crippen MR) is 57.0 cm³/mol. The van der Waals surface area contributed by atoms with Crippen molar-refractivity contribution in [3.63, 3.8) is 0 Å². The van der Waals surface area contributed by atoms with Crippen LogP contribution < -0.4 is 0 Å². The Balaban J connectivity index is 2.01. The third-order valence-corrected chi connectivity index (χ3v) is 2.26. The number of rotatable bonds is 5. The van der Waals surface area contributed by atoms with E-state index in [1.54, 1.807) is 12.4 Å². The van der Waals surface area contributed by atoms with Crippen LogP contribution in [-0.4, -0.2) is 31.5 Å². The Morgan fingerprint density at radius 3 is 3.06 bits per heavy atom. The molecule has 0 spiro atoms. The maximum absolute atomic E-state index is 10.5. The second kappa shape index (κ2) is 4.77. The zero-order chi connectivity index (χ0) is 12.3. The molecule has 2 N–H and O–H groups in total. The summed E-state index contributed by atoms with van der Waals surface area (Å²) in [6, 6.07) is 0. The summed E-state index contributed by atoms with van der Waals surface area (Å²) in [6.07, 6.45) is 3.77. The summed E-state index contributed by atoms with van der Waals surface area (Å²) in [5.41, 5.74) is 0.717. The molecule has 7 nitrogen and oxygen atoms in total. The third kappa shape index (κ3) is 2.90. The second-order valence-corrected chi connectivity index (χ2v) is 3.90. The van der Waals surface area contributed by atoms with Crippen molar-refractivity contribution in [3.8, 4) is 11.5 Å². The molecule has 0 aliphatic heterocycles. The molecule has 2 aromatic rings. The SMILES string of the molecule is CC(CC(=O)O)Cc1nnc(-c2cn[nH]c2)o1. The smallest absolute Gasteiger partial charge is 0.303 e. The van der Waals surface area contributed by atoms with Gasteiger partial charge in [-0.2, -0.15) is 5.10 Å². The largest absolute Gasteiger partial charge is 0.481 e. The van der Waals surface area contributed by atoms with E-state index in [4.69, 9.17) is 9.52 Å². The molecule has 0 fully saturated rings. The highest BCUT2D eigenvalue weighted by molar-refractivity contribution is 5.66. The summed E-state index contributed by atoms with van der Waals surface area (Å²) < 4.78 is 5.41. The summed E-state index contributed by atoms with van der Waals surface area (Å²) >= 11 is 0. The lowest BCUT2D eigenvalue weighted by molar-refractivity contribution is -0.137. The normalized spacial score (nSPS) is 12.5. The number of H-pyrrole nitrogens is 1. The van der Waals surface area contributed by atoms with Gasteiger partial charge in [0.15, 0.2) is 0 Å². The molecule has 0 aromatic carbocycles. The van der Waals surface area contributed by atoms with Crippen molar-refractivity contribution in [1.82, 2.24) is 20.4 Å². The van der Waals surface area contributed by atoms with E-state index >= 15 is 0 Å².